The van der Waals surface area contributed by atoms with Crippen LogP contribution in [0.25, 0.3) is 0 Å². The molecular formula is C12H19N3O4S. The van der Waals surface area contributed by atoms with Crippen LogP contribution in [0.4, 0.5) is 10.5 Å². The smallest absolute Gasteiger partial charge is 0.328 e. The summed E-state index contributed by atoms with van der Waals surface area (Å²) in [6.45, 7) is 3.97. The summed E-state index contributed by atoms with van der Waals surface area (Å²) in [6.07, 6.45) is 0.703. The zero-order valence-electron chi connectivity index (χ0n) is 11.7. The van der Waals surface area contributed by atoms with Gasteiger partial charge in [0.15, 0.2) is 0 Å². The van der Waals surface area contributed by atoms with Gasteiger partial charge in [-0.15, -0.1) is 0 Å². The molecule has 20 heavy (non-hydrogen) atoms. The number of anilines is 1. The van der Waals surface area contributed by atoms with Gasteiger partial charge in [0.05, 0.1) is 7.11 Å². The van der Waals surface area contributed by atoms with Gasteiger partial charge in [0.1, 0.15) is 10.6 Å². The lowest BCUT2D eigenvalue weighted by Gasteiger charge is -2.13. The zero-order chi connectivity index (χ0) is 15.3. The normalized spacial score (nSPS) is 10.9. The third kappa shape index (κ3) is 3.77. The fourth-order valence-corrected chi connectivity index (χ4v) is 2.61. The standard InChI is InChI=1S/C12H19N3O4S/c1-4-5-14-12(16)15-20(17,18)11-7-9(13)8(2)6-10(11)19-3/h6-7H,4-5,13H2,1-3H3,(H2,14,15,16). The fourth-order valence-electron chi connectivity index (χ4n) is 1.50. The maximum absolute atomic E-state index is 12.1. The van der Waals surface area contributed by atoms with E-state index in [4.69, 9.17) is 10.5 Å². The molecule has 1 aromatic rings. The van der Waals surface area contributed by atoms with Gasteiger partial charge in [-0.1, -0.05) is 6.92 Å². The first kappa shape index (κ1) is 16.1. The van der Waals surface area contributed by atoms with Gasteiger partial charge in [0.25, 0.3) is 10.0 Å². The fraction of sp³-hybridized carbons (Fsp3) is 0.417. The Bertz CT molecular complexity index is 599. The molecular weight excluding hydrogens is 282 g/mol. The molecule has 112 valence electrons. The lowest BCUT2D eigenvalue weighted by atomic mass is 10.2. The summed E-state index contributed by atoms with van der Waals surface area (Å²) in [7, 11) is -2.69. The highest BCUT2D eigenvalue weighted by atomic mass is 32.2. The number of nitrogens with two attached hydrogens (primary N) is 1. The predicted molar refractivity (Wildman–Crippen MR) is 76.2 cm³/mol. The van der Waals surface area contributed by atoms with Crippen LogP contribution in [-0.2, 0) is 10.0 Å². The van der Waals surface area contributed by atoms with E-state index < -0.39 is 16.1 Å². The predicted octanol–water partition coefficient (Wildman–Crippen LogP) is 0.984. The first-order valence-electron chi connectivity index (χ1n) is 6.06. The summed E-state index contributed by atoms with van der Waals surface area (Å²) >= 11 is 0. The zero-order valence-corrected chi connectivity index (χ0v) is 12.5. The van der Waals surface area contributed by atoms with E-state index in [1.807, 2.05) is 11.6 Å². The van der Waals surface area contributed by atoms with Crippen LogP contribution < -0.4 is 20.5 Å². The number of nitrogens with one attached hydrogen (secondary N) is 2. The van der Waals surface area contributed by atoms with E-state index in [9.17, 15) is 13.2 Å². The Morgan fingerprint density at radius 1 is 1.40 bits per heavy atom. The molecule has 0 bridgehead atoms. The number of sulfonamides is 1. The van der Waals surface area contributed by atoms with Crippen LogP contribution >= 0.6 is 0 Å². The quantitative estimate of drug-likeness (QED) is 0.702. The highest BCUT2D eigenvalue weighted by Gasteiger charge is 2.23. The lowest BCUT2D eigenvalue weighted by Crippen LogP contribution is -2.39. The number of benzene rings is 1. The van der Waals surface area contributed by atoms with Crippen molar-refractivity contribution in [2.45, 2.75) is 25.2 Å². The molecule has 0 radical (unpaired) electrons. The Morgan fingerprint density at radius 3 is 2.60 bits per heavy atom. The molecule has 7 nitrogen and oxygen atoms in total. The summed E-state index contributed by atoms with van der Waals surface area (Å²) in [5.41, 5.74) is 6.70. The van der Waals surface area contributed by atoms with Crippen molar-refractivity contribution < 1.29 is 17.9 Å². The number of carbonyl (C=O) groups excluding carboxylic acids is 1. The first-order valence-corrected chi connectivity index (χ1v) is 7.55. The minimum Gasteiger partial charge on any atom is -0.495 e. The summed E-state index contributed by atoms with van der Waals surface area (Å²) < 4.78 is 31.2. The number of rotatable bonds is 5. The van der Waals surface area contributed by atoms with E-state index in [1.165, 1.54) is 19.2 Å². The topological polar surface area (TPSA) is 111 Å². The van der Waals surface area contributed by atoms with E-state index in [0.29, 0.717) is 24.2 Å². The van der Waals surface area contributed by atoms with Crippen molar-refractivity contribution in [1.82, 2.24) is 10.0 Å². The molecule has 0 aliphatic heterocycles. The number of amides is 2. The van der Waals surface area contributed by atoms with Crippen LogP contribution in [0.15, 0.2) is 17.0 Å². The van der Waals surface area contributed by atoms with Crippen LogP contribution in [0.2, 0.25) is 0 Å². The minimum absolute atomic E-state index is 0.132. The first-order chi connectivity index (χ1) is 9.31. The number of hydrogen-bond acceptors (Lipinski definition) is 5. The highest BCUT2D eigenvalue weighted by Crippen LogP contribution is 2.28. The summed E-state index contributed by atoms with van der Waals surface area (Å²) in [6, 6.07) is 1.99. The second-order valence-corrected chi connectivity index (χ2v) is 5.87. The van der Waals surface area contributed by atoms with Crippen molar-refractivity contribution in [3.63, 3.8) is 0 Å². The number of urea groups is 1. The molecule has 8 heteroatoms. The lowest BCUT2D eigenvalue weighted by molar-refractivity contribution is 0.246. The van der Waals surface area contributed by atoms with E-state index >= 15 is 0 Å². The number of carbonyl (C=O) groups is 1. The molecule has 0 fully saturated rings. The Kier molecular flexibility index (Phi) is 5.20. The van der Waals surface area contributed by atoms with Crippen LogP contribution in [0.3, 0.4) is 0 Å². The molecule has 1 rings (SSSR count). The molecule has 0 aromatic heterocycles. The third-order valence-corrected chi connectivity index (χ3v) is 3.96. The SMILES string of the molecule is CCCNC(=O)NS(=O)(=O)c1cc(N)c(C)cc1OC. The molecule has 0 aliphatic carbocycles. The van der Waals surface area contributed by atoms with Crippen molar-refractivity contribution in [2.24, 2.45) is 0 Å². The number of ether oxygens (including phenoxy) is 1. The van der Waals surface area contributed by atoms with E-state index in [2.05, 4.69) is 5.32 Å². The average molecular weight is 301 g/mol. The average Bonchev–Trinajstić information content (AvgIpc) is 2.38. The van der Waals surface area contributed by atoms with E-state index in [1.54, 1.807) is 6.92 Å². The Morgan fingerprint density at radius 2 is 2.05 bits per heavy atom. The van der Waals surface area contributed by atoms with Crippen molar-refractivity contribution >= 4 is 21.7 Å². The van der Waals surface area contributed by atoms with Gasteiger partial charge in [0.2, 0.25) is 0 Å². The second kappa shape index (κ2) is 6.47. The third-order valence-electron chi connectivity index (χ3n) is 2.60. The van der Waals surface area contributed by atoms with Gasteiger partial charge in [-0.3, -0.25) is 0 Å². The number of hydrogen-bond donors (Lipinski definition) is 3. The summed E-state index contributed by atoms with van der Waals surface area (Å²) in [5.74, 6) is 0.132. The number of methoxy groups -OCH3 is 1. The van der Waals surface area contributed by atoms with Gasteiger partial charge in [-0.25, -0.2) is 17.9 Å². The largest absolute Gasteiger partial charge is 0.495 e. The summed E-state index contributed by atoms with van der Waals surface area (Å²) in [5, 5.41) is 2.42. The molecule has 0 atom stereocenters. The second-order valence-electron chi connectivity index (χ2n) is 4.22. The molecule has 0 saturated carbocycles. The van der Waals surface area contributed by atoms with Crippen molar-refractivity contribution in [1.29, 1.82) is 0 Å². The van der Waals surface area contributed by atoms with Gasteiger partial charge < -0.3 is 15.8 Å². The van der Waals surface area contributed by atoms with Gasteiger partial charge >= 0.3 is 6.03 Å². The highest BCUT2D eigenvalue weighted by molar-refractivity contribution is 7.90. The molecule has 0 unspecified atom stereocenters. The Labute approximate surface area is 118 Å². The molecule has 0 saturated heterocycles. The van der Waals surface area contributed by atoms with Gasteiger partial charge in [-0.05, 0) is 31.0 Å². The van der Waals surface area contributed by atoms with Crippen molar-refractivity contribution in [3.8, 4) is 5.75 Å². The molecule has 0 aliphatic rings. The maximum Gasteiger partial charge on any atom is 0.328 e. The van der Waals surface area contributed by atoms with E-state index in [0.717, 1.165) is 0 Å². The Hall–Kier alpha value is -1.96. The minimum atomic E-state index is -4.04. The van der Waals surface area contributed by atoms with Crippen LogP contribution in [-0.4, -0.2) is 28.1 Å². The Balaban J connectivity index is 3.09. The molecule has 2 amide bonds. The molecule has 0 heterocycles. The monoisotopic (exact) mass is 301 g/mol. The van der Waals surface area contributed by atoms with Gasteiger partial charge in [0, 0.05) is 12.2 Å². The van der Waals surface area contributed by atoms with Crippen LogP contribution in [0.1, 0.15) is 18.9 Å². The number of aryl methyl sites for hydroxylation is 1. The molecule has 0 spiro atoms. The van der Waals surface area contributed by atoms with Gasteiger partial charge in [-0.2, -0.15) is 0 Å². The molecule has 1 aromatic carbocycles. The summed E-state index contributed by atoms with van der Waals surface area (Å²) in [4.78, 5) is 11.3. The van der Waals surface area contributed by atoms with Crippen molar-refractivity contribution in [3.05, 3.63) is 17.7 Å². The van der Waals surface area contributed by atoms with Crippen LogP contribution in [0.5, 0.6) is 5.75 Å². The van der Waals surface area contributed by atoms with E-state index in [-0.39, 0.29) is 10.6 Å². The van der Waals surface area contributed by atoms with Crippen LogP contribution in [0, 0.1) is 6.92 Å². The number of nitrogen functional groups attached to an aromatic ring is 1. The molecule has 4 N–H and O–H groups in total. The van der Waals surface area contributed by atoms with Crippen molar-refractivity contribution in [2.75, 3.05) is 19.4 Å². The maximum atomic E-state index is 12.1.